The molecular formula is C14H26N4O2S. The van der Waals surface area contributed by atoms with E-state index in [1.54, 1.807) is 0 Å². The zero-order valence-corrected chi connectivity index (χ0v) is 13.8. The zero-order valence-electron chi connectivity index (χ0n) is 13.0. The number of hydrogen-bond acceptors (Lipinski definition) is 4. The molecule has 0 aromatic carbocycles. The standard InChI is InChI=1S/C14H26N4O2S/c1-3-18-12-14(9-15-18)6-8-17-7-4-5-13(11-17)10-16-21(2,19)20/h9,12-13,16H,3-8,10-11H2,1-2H3. The van der Waals surface area contributed by atoms with E-state index >= 15 is 0 Å². The summed E-state index contributed by atoms with van der Waals surface area (Å²) in [5, 5.41) is 4.29. The zero-order chi connectivity index (χ0) is 15.3. The first-order valence-electron chi connectivity index (χ1n) is 7.64. The van der Waals surface area contributed by atoms with E-state index in [4.69, 9.17) is 0 Å². The summed E-state index contributed by atoms with van der Waals surface area (Å²) < 4.78 is 26.9. The van der Waals surface area contributed by atoms with Gasteiger partial charge in [0.1, 0.15) is 0 Å². The van der Waals surface area contributed by atoms with Crippen LogP contribution in [0.1, 0.15) is 25.3 Å². The van der Waals surface area contributed by atoms with E-state index in [-0.39, 0.29) is 0 Å². The van der Waals surface area contributed by atoms with Gasteiger partial charge in [-0.1, -0.05) is 0 Å². The third-order valence-electron chi connectivity index (χ3n) is 3.96. The van der Waals surface area contributed by atoms with Crippen molar-refractivity contribution < 1.29 is 8.42 Å². The predicted molar refractivity (Wildman–Crippen MR) is 83.6 cm³/mol. The highest BCUT2D eigenvalue weighted by Crippen LogP contribution is 2.16. The monoisotopic (exact) mass is 314 g/mol. The SMILES string of the molecule is CCn1cc(CCN2CCCC(CNS(C)(=O)=O)C2)cn1. The molecule has 1 N–H and O–H groups in total. The molecule has 120 valence electrons. The summed E-state index contributed by atoms with van der Waals surface area (Å²) in [6.07, 6.45) is 8.52. The molecule has 0 saturated carbocycles. The molecule has 21 heavy (non-hydrogen) atoms. The first-order chi connectivity index (χ1) is 9.96. The van der Waals surface area contributed by atoms with Gasteiger partial charge >= 0.3 is 0 Å². The molecule has 0 radical (unpaired) electrons. The molecule has 6 nitrogen and oxygen atoms in total. The van der Waals surface area contributed by atoms with Crippen molar-refractivity contribution in [3.05, 3.63) is 18.0 Å². The van der Waals surface area contributed by atoms with Gasteiger partial charge in [0, 0.05) is 32.4 Å². The average molecular weight is 314 g/mol. The van der Waals surface area contributed by atoms with Crippen LogP contribution in [0.25, 0.3) is 0 Å². The molecule has 1 saturated heterocycles. The molecule has 1 aromatic rings. The first-order valence-corrected chi connectivity index (χ1v) is 9.53. The van der Waals surface area contributed by atoms with Gasteiger partial charge in [-0.15, -0.1) is 0 Å². The molecule has 1 aromatic heterocycles. The van der Waals surface area contributed by atoms with E-state index < -0.39 is 10.0 Å². The summed E-state index contributed by atoms with van der Waals surface area (Å²) in [5.41, 5.74) is 1.27. The topological polar surface area (TPSA) is 67.2 Å². The Morgan fingerprint density at radius 2 is 2.29 bits per heavy atom. The lowest BCUT2D eigenvalue weighted by Crippen LogP contribution is -2.41. The molecule has 1 fully saturated rings. The molecule has 1 aliphatic rings. The number of nitrogens with zero attached hydrogens (tertiary/aromatic N) is 3. The quantitative estimate of drug-likeness (QED) is 0.805. The number of rotatable bonds is 7. The maximum Gasteiger partial charge on any atom is 0.208 e. The fourth-order valence-electron chi connectivity index (χ4n) is 2.79. The minimum atomic E-state index is -3.08. The molecule has 2 heterocycles. The van der Waals surface area contributed by atoms with E-state index in [1.165, 1.54) is 11.8 Å². The fourth-order valence-corrected chi connectivity index (χ4v) is 3.32. The van der Waals surface area contributed by atoms with Crippen molar-refractivity contribution in [3.63, 3.8) is 0 Å². The highest BCUT2D eigenvalue weighted by atomic mass is 32.2. The Morgan fingerprint density at radius 3 is 2.95 bits per heavy atom. The van der Waals surface area contributed by atoms with Crippen LogP contribution in [-0.2, 0) is 23.0 Å². The van der Waals surface area contributed by atoms with Gasteiger partial charge in [-0.3, -0.25) is 4.68 Å². The molecule has 7 heteroatoms. The fraction of sp³-hybridized carbons (Fsp3) is 0.786. The predicted octanol–water partition coefficient (Wildman–Crippen LogP) is 0.707. The Balaban J connectivity index is 1.75. The van der Waals surface area contributed by atoms with Crippen molar-refractivity contribution in [2.45, 2.75) is 32.7 Å². The van der Waals surface area contributed by atoms with E-state index in [0.717, 1.165) is 45.4 Å². The second kappa shape index (κ2) is 7.38. The Hall–Kier alpha value is -0.920. The number of sulfonamides is 1. The average Bonchev–Trinajstić information content (AvgIpc) is 2.91. The van der Waals surface area contributed by atoms with Crippen molar-refractivity contribution in [1.82, 2.24) is 19.4 Å². The summed E-state index contributed by atoms with van der Waals surface area (Å²) in [6, 6.07) is 0. The smallest absolute Gasteiger partial charge is 0.208 e. The number of likely N-dealkylation sites (tertiary alicyclic amines) is 1. The normalized spacial score (nSPS) is 20.8. The largest absolute Gasteiger partial charge is 0.303 e. The van der Waals surface area contributed by atoms with Crippen LogP contribution in [0.4, 0.5) is 0 Å². The Kier molecular flexibility index (Phi) is 5.78. The molecule has 0 amide bonds. The van der Waals surface area contributed by atoms with Gasteiger partial charge in [-0.05, 0) is 44.2 Å². The third-order valence-corrected chi connectivity index (χ3v) is 4.66. The van der Waals surface area contributed by atoms with Gasteiger partial charge in [0.25, 0.3) is 0 Å². The number of aromatic nitrogens is 2. The highest BCUT2D eigenvalue weighted by Gasteiger charge is 2.20. The molecule has 1 atom stereocenters. The number of piperidine rings is 1. The molecule has 1 unspecified atom stereocenters. The van der Waals surface area contributed by atoms with Crippen LogP contribution in [0.5, 0.6) is 0 Å². The number of aryl methyl sites for hydroxylation is 1. The second-order valence-corrected chi connectivity index (χ2v) is 7.72. The minimum absolute atomic E-state index is 0.423. The van der Waals surface area contributed by atoms with E-state index in [0.29, 0.717) is 12.5 Å². The molecule has 0 aliphatic carbocycles. The number of hydrogen-bond donors (Lipinski definition) is 1. The Morgan fingerprint density at radius 1 is 1.48 bits per heavy atom. The maximum absolute atomic E-state index is 11.2. The van der Waals surface area contributed by atoms with Crippen LogP contribution < -0.4 is 4.72 Å². The summed E-state index contributed by atoms with van der Waals surface area (Å²) in [6.45, 7) is 6.65. The third kappa shape index (κ3) is 5.76. The Labute approximate surface area is 127 Å². The van der Waals surface area contributed by atoms with Crippen LogP contribution in [0, 0.1) is 5.92 Å². The van der Waals surface area contributed by atoms with Gasteiger partial charge in [0.2, 0.25) is 10.0 Å². The van der Waals surface area contributed by atoms with Gasteiger partial charge in [0.15, 0.2) is 0 Å². The van der Waals surface area contributed by atoms with Gasteiger partial charge in [0.05, 0.1) is 12.5 Å². The van der Waals surface area contributed by atoms with Crippen molar-refractivity contribution in [2.75, 3.05) is 32.4 Å². The minimum Gasteiger partial charge on any atom is -0.303 e. The van der Waals surface area contributed by atoms with Crippen molar-refractivity contribution in [1.29, 1.82) is 0 Å². The lowest BCUT2D eigenvalue weighted by Gasteiger charge is -2.32. The van der Waals surface area contributed by atoms with Crippen LogP contribution in [-0.4, -0.2) is 55.5 Å². The molecule has 1 aliphatic heterocycles. The van der Waals surface area contributed by atoms with Gasteiger partial charge in [-0.2, -0.15) is 5.10 Å². The van der Waals surface area contributed by atoms with Crippen LogP contribution in [0.3, 0.4) is 0 Å². The summed E-state index contributed by atoms with van der Waals surface area (Å²) >= 11 is 0. The van der Waals surface area contributed by atoms with Gasteiger partial charge in [-0.25, -0.2) is 13.1 Å². The summed E-state index contributed by atoms with van der Waals surface area (Å²) in [4.78, 5) is 2.43. The van der Waals surface area contributed by atoms with Gasteiger partial charge < -0.3 is 4.90 Å². The van der Waals surface area contributed by atoms with E-state index in [9.17, 15) is 8.42 Å². The molecule has 0 spiro atoms. The first kappa shape index (κ1) is 16.5. The van der Waals surface area contributed by atoms with Crippen molar-refractivity contribution in [3.8, 4) is 0 Å². The van der Waals surface area contributed by atoms with Crippen LogP contribution >= 0.6 is 0 Å². The number of nitrogens with one attached hydrogen (secondary N) is 1. The van der Waals surface area contributed by atoms with Crippen LogP contribution in [0.2, 0.25) is 0 Å². The maximum atomic E-state index is 11.2. The van der Waals surface area contributed by atoms with E-state index in [1.807, 2.05) is 10.9 Å². The Bertz CT molecular complexity index is 541. The second-order valence-electron chi connectivity index (χ2n) is 5.88. The van der Waals surface area contributed by atoms with Crippen molar-refractivity contribution >= 4 is 10.0 Å². The lowest BCUT2D eigenvalue weighted by atomic mass is 9.98. The van der Waals surface area contributed by atoms with Crippen molar-refractivity contribution in [2.24, 2.45) is 5.92 Å². The summed E-state index contributed by atoms with van der Waals surface area (Å²) in [7, 11) is -3.08. The van der Waals surface area contributed by atoms with Crippen LogP contribution in [0.15, 0.2) is 12.4 Å². The molecular weight excluding hydrogens is 288 g/mol. The van der Waals surface area contributed by atoms with E-state index in [2.05, 4.69) is 27.8 Å². The molecule has 0 bridgehead atoms. The summed E-state index contributed by atoms with van der Waals surface area (Å²) in [5.74, 6) is 0.423. The lowest BCUT2D eigenvalue weighted by molar-refractivity contribution is 0.178. The molecule has 2 rings (SSSR count). The highest BCUT2D eigenvalue weighted by molar-refractivity contribution is 7.88.